The topological polar surface area (TPSA) is 128 Å². The van der Waals surface area contributed by atoms with Gasteiger partial charge in [0.15, 0.2) is 11.6 Å². The average Bonchev–Trinajstić information content (AvgIpc) is 3.31. The van der Waals surface area contributed by atoms with Gasteiger partial charge >= 0.3 is 0 Å². The molecule has 10 nitrogen and oxygen atoms in total. The number of rotatable bonds is 6. The highest BCUT2D eigenvalue weighted by molar-refractivity contribution is 6.08. The molecule has 0 aliphatic rings. The van der Waals surface area contributed by atoms with E-state index in [1.165, 1.54) is 12.3 Å². The Kier molecular flexibility index (Phi) is 6.11. The summed E-state index contributed by atoms with van der Waals surface area (Å²) in [6, 6.07) is 11.8. The number of hydrogen-bond donors (Lipinski definition) is 2. The van der Waals surface area contributed by atoms with Gasteiger partial charge in [-0.3, -0.25) is 9.59 Å². The lowest BCUT2D eigenvalue weighted by molar-refractivity contribution is 0.102. The molecule has 3 aromatic heterocycles. The van der Waals surface area contributed by atoms with E-state index in [9.17, 15) is 14.0 Å². The number of carbonyl (C=O) groups is 2. The van der Waals surface area contributed by atoms with Crippen molar-refractivity contribution in [2.75, 3.05) is 10.6 Å². The molecule has 2 N–H and O–H groups in total. The molecular weight excluding hydrogens is 427 g/mol. The van der Waals surface area contributed by atoms with Crippen LogP contribution in [0, 0.1) is 5.82 Å². The molecule has 166 valence electrons. The van der Waals surface area contributed by atoms with E-state index in [1.807, 2.05) is 18.4 Å². The summed E-state index contributed by atoms with van der Waals surface area (Å²) in [4.78, 5) is 29.6. The van der Waals surface area contributed by atoms with Gasteiger partial charge in [-0.05, 0) is 56.3 Å². The quantitative estimate of drug-likeness (QED) is 0.465. The van der Waals surface area contributed by atoms with E-state index in [-0.39, 0.29) is 28.8 Å². The molecule has 3 heterocycles. The van der Waals surface area contributed by atoms with Crippen LogP contribution in [0.3, 0.4) is 0 Å². The third-order valence-electron chi connectivity index (χ3n) is 4.64. The van der Waals surface area contributed by atoms with E-state index in [2.05, 4.69) is 36.0 Å². The predicted molar refractivity (Wildman–Crippen MR) is 118 cm³/mol. The van der Waals surface area contributed by atoms with E-state index in [1.54, 1.807) is 36.7 Å². The number of halogens is 1. The van der Waals surface area contributed by atoms with Gasteiger partial charge in [0, 0.05) is 17.8 Å². The fraction of sp³-hybridized carbons (Fsp3) is 0.136. The van der Waals surface area contributed by atoms with Crippen LogP contribution < -0.4 is 10.6 Å². The van der Waals surface area contributed by atoms with Crippen molar-refractivity contribution in [3.05, 3.63) is 78.0 Å². The van der Waals surface area contributed by atoms with Crippen LogP contribution in [-0.4, -0.2) is 41.8 Å². The number of aromatic nitrogens is 6. The third kappa shape index (κ3) is 4.87. The maximum absolute atomic E-state index is 14.4. The molecule has 4 rings (SSSR count). The molecule has 0 aliphatic carbocycles. The van der Waals surface area contributed by atoms with E-state index < -0.39 is 17.6 Å². The Morgan fingerprint density at radius 3 is 2.48 bits per heavy atom. The Labute approximate surface area is 187 Å². The minimum Gasteiger partial charge on any atom is -0.310 e. The first-order chi connectivity index (χ1) is 15.9. The summed E-state index contributed by atoms with van der Waals surface area (Å²) in [6.07, 6.45) is 3.06. The third-order valence-corrected chi connectivity index (χ3v) is 4.64. The molecule has 0 fully saturated rings. The number of nitrogens with zero attached hydrogens (tertiary/aromatic N) is 6. The zero-order valence-electron chi connectivity index (χ0n) is 17.7. The minimum absolute atomic E-state index is 0.0824. The summed E-state index contributed by atoms with van der Waals surface area (Å²) in [5.74, 6) is -1.12. The van der Waals surface area contributed by atoms with Crippen LogP contribution in [0.1, 0.15) is 40.6 Å². The number of nitrogens with one attached hydrogen (secondary N) is 2. The standard InChI is InChI=1S/C22H19FN8O2/c1-13(2)31-12-25-30-20(31)17-5-3-6-18(26-17)27-22(33)15-11-14(8-9-16(15)23)21(32)28-19-7-4-10-24-29-19/h3-13H,1-2H3,(H,26,27,33)(H,28,29,32). The van der Waals surface area contributed by atoms with Crippen molar-refractivity contribution in [1.29, 1.82) is 0 Å². The number of anilines is 2. The van der Waals surface area contributed by atoms with Crippen LogP contribution in [0.15, 0.2) is 61.1 Å². The summed E-state index contributed by atoms with van der Waals surface area (Å²) < 4.78 is 16.2. The van der Waals surface area contributed by atoms with Crippen molar-refractivity contribution >= 4 is 23.5 Å². The van der Waals surface area contributed by atoms with Crippen LogP contribution in [0.25, 0.3) is 11.5 Å². The van der Waals surface area contributed by atoms with Gasteiger partial charge in [-0.1, -0.05) is 6.07 Å². The van der Waals surface area contributed by atoms with Crippen molar-refractivity contribution in [2.24, 2.45) is 0 Å². The number of benzene rings is 1. The molecule has 0 atom stereocenters. The van der Waals surface area contributed by atoms with Crippen molar-refractivity contribution in [1.82, 2.24) is 29.9 Å². The average molecular weight is 446 g/mol. The second kappa shape index (κ2) is 9.30. The fourth-order valence-electron chi connectivity index (χ4n) is 3.01. The van der Waals surface area contributed by atoms with Gasteiger partial charge in [-0.2, -0.15) is 5.10 Å². The van der Waals surface area contributed by atoms with Gasteiger partial charge < -0.3 is 15.2 Å². The van der Waals surface area contributed by atoms with Crippen LogP contribution in [-0.2, 0) is 0 Å². The molecule has 0 radical (unpaired) electrons. The maximum Gasteiger partial charge on any atom is 0.259 e. The largest absolute Gasteiger partial charge is 0.310 e. The second-order valence-corrected chi connectivity index (χ2v) is 7.28. The molecule has 0 spiro atoms. The van der Waals surface area contributed by atoms with E-state index in [0.29, 0.717) is 11.5 Å². The molecule has 11 heteroatoms. The van der Waals surface area contributed by atoms with Gasteiger partial charge in [0.05, 0.1) is 5.56 Å². The fourth-order valence-corrected chi connectivity index (χ4v) is 3.01. The van der Waals surface area contributed by atoms with E-state index >= 15 is 0 Å². The van der Waals surface area contributed by atoms with Crippen molar-refractivity contribution in [2.45, 2.75) is 19.9 Å². The van der Waals surface area contributed by atoms with Crippen LogP contribution in [0.2, 0.25) is 0 Å². The summed E-state index contributed by atoms with van der Waals surface area (Å²) in [6.45, 7) is 3.96. The number of hydrogen-bond acceptors (Lipinski definition) is 7. The smallest absolute Gasteiger partial charge is 0.259 e. The number of carbonyl (C=O) groups excluding carboxylic acids is 2. The zero-order chi connectivity index (χ0) is 23.4. The molecular formula is C22H19FN8O2. The maximum atomic E-state index is 14.4. The Morgan fingerprint density at radius 1 is 0.939 bits per heavy atom. The first-order valence-corrected chi connectivity index (χ1v) is 9.99. The minimum atomic E-state index is -0.778. The molecule has 1 aromatic carbocycles. The normalized spacial score (nSPS) is 10.8. The SMILES string of the molecule is CC(C)n1cnnc1-c1cccc(NC(=O)c2cc(C(=O)Nc3cccnn3)ccc2F)n1. The lowest BCUT2D eigenvalue weighted by Gasteiger charge is -2.11. The lowest BCUT2D eigenvalue weighted by Crippen LogP contribution is -2.18. The van der Waals surface area contributed by atoms with Crippen molar-refractivity contribution < 1.29 is 14.0 Å². The number of pyridine rings is 1. The molecule has 33 heavy (non-hydrogen) atoms. The molecule has 0 unspecified atom stereocenters. The Bertz CT molecular complexity index is 1310. The summed E-state index contributed by atoms with van der Waals surface area (Å²) in [5.41, 5.74) is 0.273. The monoisotopic (exact) mass is 446 g/mol. The molecule has 4 aromatic rings. The Hall–Kier alpha value is -4.54. The highest BCUT2D eigenvalue weighted by atomic mass is 19.1. The van der Waals surface area contributed by atoms with E-state index in [4.69, 9.17) is 0 Å². The lowest BCUT2D eigenvalue weighted by atomic mass is 10.1. The van der Waals surface area contributed by atoms with Crippen LogP contribution in [0.4, 0.5) is 16.0 Å². The van der Waals surface area contributed by atoms with Crippen LogP contribution >= 0.6 is 0 Å². The molecule has 0 bridgehead atoms. The van der Waals surface area contributed by atoms with Gasteiger partial charge in [-0.15, -0.1) is 15.3 Å². The molecule has 0 aliphatic heterocycles. The second-order valence-electron chi connectivity index (χ2n) is 7.28. The van der Waals surface area contributed by atoms with Gasteiger partial charge in [0.1, 0.15) is 23.7 Å². The Balaban J connectivity index is 1.55. The summed E-state index contributed by atoms with van der Waals surface area (Å²) >= 11 is 0. The van der Waals surface area contributed by atoms with Crippen LogP contribution in [0.5, 0.6) is 0 Å². The first kappa shape index (κ1) is 21.7. The van der Waals surface area contributed by atoms with Gasteiger partial charge in [0.25, 0.3) is 11.8 Å². The summed E-state index contributed by atoms with van der Waals surface area (Å²) in [7, 11) is 0. The number of amides is 2. The Morgan fingerprint density at radius 2 is 1.73 bits per heavy atom. The molecule has 0 saturated heterocycles. The van der Waals surface area contributed by atoms with Gasteiger partial charge in [0.2, 0.25) is 0 Å². The van der Waals surface area contributed by atoms with Crippen molar-refractivity contribution in [3.63, 3.8) is 0 Å². The van der Waals surface area contributed by atoms with E-state index in [0.717, 1.165) is 12.1 Å². The van der Waals surface area contributed by atoms with Crippen molar-refractivity contribution in [3.8, 4) is 11.5 Å². The van der Waals surface area contributed by atoms with Gasteiger partial charge in [-0.25, -0.2) is 9.37 Å². The predicted octanol–water partition coefficient (Wildman–Crippen LogP) is 3.35. The highest BCUT2D eigenvalue weighted by Crippen LogP contribution is 2.20. The highest BCUT2D eigenvalue weighted by Gasteiger charge is 2.18. The summed E-state index contributed by atoms with van der Waals surface area (Å²) in [5, 5.41) is 20.5. The molecule has 2 amide bonds. The first-order valence-electron chi connectivity index (χ1n) is 9.99. The molecule has 0 saturated carbocycles. The zero-order valence-corrected chi connectivity index (χ0v) is 17.7.